The molecule has 0 fully saturated rings. The average Bonchev–Trinajstić information content (AvgIpc) is 3.25. The minimum Gasteiger partial charge on any atom is -0.454 e. The van der Waals surface area contributed by atoms with Gasteiger partial charge in [0, 0.05) is 23.2 Å². The Morgan fingerprint density at radius 3 is 2.67 bits per heavy atom. The summed E-state index contributed by atoms with van der Waals surface area (Å²) >= 11 is 0. The molecule has 0 atom stereocenters. The Morgan fingerprint density at radius 1 is 0.967 bits per heavy atom. The van der Waals surface area contributed by atoms with E-state index in [0.29, 0.717) is 17.9 Å². The molecular formula is C25H20N2O3. The highest BCUT2D eigenvalue weighted by molar-refractivity contribution is 6.09. The molecule has 30 heavy (non-hydrogen) atoms. The van der Waals surface area contributed by atoms with Crippen LogP contribution < -0.4 is 14.8 Å². The number of aryl methyl sites for hydroxylation is 1. The van der Waals surface area contributed by atoms with E-state index in [0.717, 1.165) is 39.0 Å². The van der Waals surface area contributed by atoms with E-state index in [2.05, 4.69) is 17.4 Å². The standard InChI is InChI=1S/C25H20N2O3/c1-16-12-21(25(28)26-14-17-10-11-22-23(13-17)30-15-29-22)20-9-5-8-19(24(20)27-16)18-6-3-2-4-7-18/h2-13H,14-15H2,1H3,(H,26,28). The van der Waals surface area contributed by atoms with Crippen molar-refractivity contribution in [1.29, 1.82) is 0 Å². The Morgan fingerprint density at radius 2 is 1.80 bits per heavy atom. The summed E-state index contributed by atoms with van der Waals surface area (Å²) in [6, 6.07) is 23.6. The van der Waals surface area contributed by atoms with Crippen LogP contribution in [0.3, 0.4) is 0 Å². The fraction of sp³-hybridized carbons (Fsp3) is 0.120. The number of nitrogens with zero attached hydrogens (tertiary/aromatic N) is 1. The molecule has 5 rings (SSSR count). The SMILES string of the molecule is Cc1cc(C(=O)NCc2ccc3c(c2)OCO3)c2cccc(-c3ccccc3)c2n1. The number of ether oxygens (including phenoxy) is 2. The molecule has 1 N–H and O–H groups in total. The monoisotopic (exact) mass is 396 g/mol. The van der Waals surface area contributed by atoms with Crippen molar-refractivity contribution in [2.75, 3.05) is 6.79 Å². The third kappa shape index (κ3) is 3.35. The maximum Gasteiger partial charge on any atom is 0.252 e. The van der Waals surface area contributed by atoms with Crippen LogP contribution in [0.2, 0.25) is 0 Å². The molecule has 5 heteroatoms. The summed E-state index contributed by atoms with van der Waals surface area (Å²) in [5, 5.41) is 3.86. The molecule has 4 aromatic rings. The van der Waals surface area contributed by atoms with Gasteiger partial charge in [-0.25, -0.2) is 0 Å². The zero-order chi connectivity index (χ0) is 20.5. The number of nitrogens with one attached hydrogen (secondary N) is 1. The molecule has 0 saturated carbocycles. The Kier molecular flexibility index (Phi) is 4.56. The number of pyridine rings is 1. The zero-order valence-corrected chi connectivity index (χ0v) is 16.5. The number of carbonyl (C=O) groups excluding carboxylic acids is 1. The van der Waals surface area contributed by atoms with Gasteiger partial charge < -0.3 is 14.8 Å². The van der Waals surface area contributed by atoms with Gasteiger partial charge >= 0.3 is 0 Å². The Balaban J connectivity index is 1.47. The maximum absolute atomic E-state index is 13.1. The lowest BCUT2D eigenvalue weighted by Crippen LogP contribution is -2.23. The molecule has 0 radical (unpaired) electrons. The summed E-state index contributed by atoms with van der Waals surface area (Å²) < 4.78 is 10.8. The molecule has 1 amide bonds. The number of amides is 1. The average molecular weight is 396 g/mol. The van der Waals surface area contributed by atoms with Crippen molar-refractivity contribution in [3.05, 3.63) is 89.6 Å². The van der Waals surface area contributed by atoms with E-state index in [9.17, 15) is 4.79 Å². The molecule has 148 valence electrons. The molecule has 0 unspecified atom stereocenters. The molecule has 3 aromatic carbocycles. The summed E-state index contributed by atoms with van der Waals surface area (Å²) in [6.07, 6.45) is 0. The van der Waals surface area contributed by atoms with E-state index in [1.165, 1.54) is 0 Å². The smallest absolute Gasteiger partial charge is 0.252 e. The molecule has 5 nitrogen and oxygen atoms in total. The summed E-state index contributed by atoms with van der Waals surface area (Å²) in [5.41, 5.74) is 5.30. The van der Waals surface area contributed by atoms with Crippen LogP contribution in [0, 0.1) is 6.92 Å². The van der Waals surface area contributed by atoms with Crippen molar-refractivity contribution < 1.29 is 14.3 Å². The molecular weight excluding hydrogens is 376 g/mol. The second kappa shape index (κ2) is 7.52. The van der Waals surface area contributed by atoms with Gasteiger partial charge in [0.15, 0.2) is 11.5 Å². The van der Waals surface area contributed by atoms with Crippen molar-refractivity contribution in [3.8, 4) is 22.6 Å². The highest BCUT2D eigenvalue weighted by Gasteiger charge is 2.16. The number of hydrogen-bond donors (Lipinski definition) is 1. The normalized spacial score (nSPS) is 12.2. The van der Waals surface area contributed by atoms with Crippen LogP contribution in [-0.2, 0) is 6.54 Å². The topological polar surface area (TPSA) is 60.5 Å². The van der Waals surface area contributed by atoms with Crippen molar-refractivity contribution in [2.24, 2.45) is 0 Å². The highest BCUT2D eigenvalue weighted by Crippen LogP contribution is 2.33. The number of aromatic nitrogens is 1. The third-order valence-electron chi connectivity index (χ3n) is 5.19. The number of rotatable bonds is 4. The maximum atomic E-state index is 13.1. The van der Waals surface area contributed by atoms with Gasteiger partial charge in [-0.1, -0.05) is 54.6 Å². The largest absolute Gasteiger partial charge is 0.454 e. The van der Waals surface area contributed by atoms with Gasteiger partial charge in [0.1, 0.15) is 0 Å². The summed E-state index contributed by atoms with van der Waals surface area (Å²) in [5.74, 6) is 1.31. The van der Waals surface area contributed by atoms with Crippen LogP contribution in [0.15, 0.2) is 72.8 Å². The molecule has 2 heterocycles. The Labute approximate surface area is 174 Å². The lowest BCUT2D eigenvalue weighted by molar-refractivity contribution is 0.0952. The quantitative estimate of drug-likeness (QED) is 0.535. The van der Waals surface area contributed by atoms with E-state index in [1.807, 2.05) is 67.6 Å². The van der Waals surface area contributed by atoms with Gasteiger partial charge in [-0.15, -0.1) is 0 Å². The predicted molar refractivity (Wildman–Crippen MR) is 116 cm³/mol. The number of hydrogen-bond acceptors (Lipinski definition) is 4. The molecule has 0 spiro atoms. The number of benzene rings is 3. The first-order valence-corrected chi connectivity index (χ1v) is 9.81. The molecule has 0 saturated heterocycles. The van der Waals surface area contributed by atoms with Crippen LogP contribution in [0.25, 0.3) is 22.0 Å². The lowest BCUT2D eigenvalue weighted by Gasteiger charge is -2.12. The van der Waals surface area contributed by atoms with Gasteiger partial charge in [0.25, 0.3) is 5.91 Å². The van der Waals surface area contributed by atoms with Crippen molar-refractivity contribution in [3.63, 3.8) is 0 Å². The highest BCUT2D eigenvalue weighted by atomic mass is 16.7. The van der Waals surface area contributed by atoms with Gasteiger partial charge in [-0.2, -0.15) is 0 Å². The lowest BCUT2D eigenvalue weighted by atomic mass is 9.98. The van der Waals surface area contributed by atoms with E-state index < -0.39 is 0 Å². The van der Waals surface area contributed by atoms with Crippen LogP contribution in [0.1, 0.15) is 21.6 Å². The fourth-order valence-electron chi connectivity index (χ4n) is 3.74. The predicted octanol–water partition coefficient (Wildman–Crippen LogP) is 4.87. The Hall–Kier alpha value is -3.86. The molecule has 0 aliphatic carbocycles. The first-order valence-electron chi connectivity index (χ1n) is 9.81. The van der Waals surface area contributed by atoms with E-state index in [1.54, 1.807) is 0 Å². The Bertz CT molecular complexity index is 1250. The van der Waals surface area contributed by atoms with Gasteiger partial charge in [-0.05, 0) is 36.2 Å². The second-order valence-corrected chi connectivity index (χ2v) is 7.25. The van der Waals surface area contributed by atoms with E-state index in [-0.39, 0.29) is 12.7 Å². The molecule has 0 bridgehead atoms. The fourth-order valence-corrected chi connectivity index (χ4v) is 3.74. The van der Waals surface area contributed by atoms with Crippen molar-refractivity contribution >= 4 is 16.8 Å². The minimum atomic E-state index is -0.131. The molecule has 1 aromatic heterocycles. The number of carbonyl (C=O) groups is 1. The van der Waals surface area contributed by atoms with E-state index >= 15 is 0 Å². The van der Waals surface area contributed by atoms with Crippen molar-refractivity contribution in [1.82, 2.24) is 10.3 Å². The van der Waals surface area contributed by atoms with E-state index in [4.69, 9.17) is 14.5 Å². The molecule has 1 aliphatic rings. The van der Waals surface area contributed by atoms with Crippen LogP contribution in [0.5, 0.6) is 11.5 Å². The first-order chi connectivity index (χ1) is 14.7. The summed E-state index contributed by atoms with van der Waals surface area (Å²) in [7, 11) is 0. The minimum absolute atomic E-state index is 0.131. The molecule has 1 aliphatic heterocycles. The number of para-hydroxylation sites is 1. The number of fused-ring (bicyclic) bond motifs is 2. The van der Waals surface area contributed by atoms with Crippen LogP contribution in [0.4, 0.5) is 0 Å². The third-order valence-corrected chi connectivity index (χ3v) is 5.19. The summed E-state index contributed by atoms with van der Waals surface area (Å²) in [4.78, 5) is 17.8. The summed E-state index contributed by atoms with van der Waals surface area (Å²) in [6.45, 7) is 2.55. The van der Waals surface area contributed by atoms with Crippen LogP contribution >= 0.6 is 0 Å². The van der Waals surface area contributed by atoms with Gasteiger partial charge in [-0.3, -0.25) is 9.78 Å². The van der Waals surface area contributed by atoms with Crippen LogP contribution in [-0.4, -0.2) is 17.7 Å². The van der Waals surface area contributed by atoms with Gasteiger partial charge in [0.05, 0.1) is 11.1 Å². The second-order valence-electron chi connectivity index (χ2n) is 7.25. The zero-order valence-electron chi connectivity index (χ0n) is 16.5. The van der Waals surface area contributed by atoms with Gasteiger partial charge in [0.2, 0.25) is 6.79 Å². The van der Waals surface area contributed by atoms with Crippen molar-refractivity contribution in [2.45, 2.75) is 13.5 Å². The first kappa shape index (κ1) is 18.2.